The zero-order chi connectivity index (χ0) is 9.42. The van der Waals surface area contributed by atoms with Crippen molar-refractivity contribution < 1.29 is 4.79 Å². The summed E-state index contributed by atoms with van der Waals surface area (Å²) in [5.41, 5.74) is 6.97. The van der Waals surface area contributed by atoms with Crippen LogP contribution in [0.2, 0.25) is 0 Å². The number of rotatable bonds is 1. The van der Waals surface area contributed by atoms with E-state index in [1.807, 2.05) is 0 Å². The van der Waals surface area contributed by atoms with E-state index in [4.69, 9.17) is 5.73 Å². The van der Waals surface area contributed by atoms with Gasteiger partial charge in [-0.3, -0.25) is 9.59 Å². The van der Waals surface area contributed by atoms with Crippen LogP contribution in [0.15, 0.2) is 16.5 Å². The topological polar surface area (TPSA) is 88.8 Å². The lowest BCUT2D eigenvalue weighted by Crippen LogP contribution is -2.15. The lowest BCUT2D eigenvalue weighted by atomic mass is 10.2. The number of amides is 1. The summed E-state index contributed by atoms with van der Waals surface area (Å²) in [4.78, 5) is 28.4. The Labute approximate surface area is 76.2 Å². The van der Waals surface area contributed by atoms with Crippen molar-refractivity contribution >= 4 is 27.5 Å². The Hall–Kier alpha value is -1.69. The van der Waals surface area contributed by atoms with Gasteiger partial charge < -0.3 is 10.7 Å². The molecule has 0 radical (unpaired) electrons. The molecular weight excluding hydrogens is 190 g/mol. The molecule has 2 heterocycles. The largest absolute Gasteiger partial charge is 0.365 e. The Morgan fingerprint density at radius 1 is 1.62 bits per heavy atom. The molecule has 0 saturated heterocycles. The van der Waals surface area contributed by atoms with E-state index in [1.54, 1.807) is 0 Å². The fourth-order valence-corrected chi connectivity index (χ4v) is 1.76. The van der Waals surface area contributed by atoms with E-state index in [0.717, 1.165) is 0 Å². The highest BCUT2D eigenvalue weighted by molar-refractivity contribution is 7.16. The fraction of sp³-hybridized carbons (Fsp3) is 0. The van der Waals surface area contributed by atoms with Gasteiger partial charge in [0.25, 0.3) is 11.5 Å². The van der Waals surface area contributed by atoms with Gasteiger partial charge in [-0.1, -0.05) is 0 Å². The zero-order valence-corrected chi connectivity index (χ0v) is 7.22. The lowest BCUT2D eigenvalue weighted by molar-refractivity contribution is 0.100. The normalized spacial score (nSPS) is 10.5. The minimum absolute atomic E-state index is 0.246. The number of pyridine rings is 1. The first-order valence-corrected chi connectivity index (χ1v) is 4.33. The van der Waals surface area contributed by atoms with Gasteiger partial charge in [0, 0.05) is 6.20 Å². The van der Waals surface area contributed by atoms with E-state index >= 15 is 0 Å². The van der Waals surface area contributed by atoms with Crippen LogP contribution in [0.25, 0.3) is 10.2 Å². The smallest absolute Gasteiger partial charge is 0.267 e. The molecule has 0 unspecified atom stereocenters. The molecule has 6 heteroatoms. The Morgan fingerprint density at radius 3 is 3.08 bits per heavy atom. The number of hydrogen-bond acceptors (Lipinski definition) is 4. The molecule has 2 aromatic rings. The molecule has 2 rings (SSSR count). The lowest BCUT2D eigenvalue weighted by Gasteiger charge is -1.94. The predicted octanol–water partition coefficient (Wildman–Crippen LogP) is 0.0835. The van der Waals surface area contributed by atoms with Crippen molar-refractivity contribution in [1.82, 2.24) is 9.97 Å². The minimum Gasteiger partial charge on any atom is -0.365 e. The molecule has 0 aliphatic carbocycles. The van der Waals surface area contributed by atoms with Crippen LogP contribution >= 0.6 is 11.3 Å². The first-order valence-electron chi connectivity index (χ1n) is 3.45. The number of hydrogen-bond donors (Lipinski definition) is 2. The van der Waals surface area contributed by atoms with Crippen molar-refractivity contribution in [3.63, 3.8) is 0 Å². The van der Waals surface area contributed by atoms with E-state index < -0.39 is 5.91 Å². The summed E-state index contributed by atoms with van der Waals surface area (Å²) in [6.45, 7) is 0. The highest BCUT2D eigenvalue weighted by atomic mass is 32.1. The van der Waals surface area contributed by atoms with Crippen molar-refractivity contribution in [3.8, 4) is 0 Å². The van der Waals surface area contributed by atoms with Crippen LogP contribution in [0, 0.1) is 0 Å². The standard InChI is InChI=1S/C7H5N3O2S/c8-6(11)3-1-9-7(12)5-4(3)10-2-13-5/h1-2H,(H2,8,11)(H,9,12). The first kappa shape index (κ1) is 7.93. The van der Waals surface area contributed by atoms with E-state index in [0.29, 0.717) is 10.2 Å². The molecule has 1 amide bonds. The van der Waals surface area contributed by atoms with E-state index in [-0.39, 0.29) is 11.1 Å². The average molecular weight is 195 g/mol. The molecule has 66 valence electrons. The van der Waals surface area contributed by atoms with E-state index in [1.165, 1.54) is 23.0 Å². The number of H-pyrrole nitrogens is 1. The summed E-state index contributed by atoms with van der Waals surface area (Å²) < 4.78 is 0.427. The molecule has 5 nitrogen and oxygen atoms in total. The monoisotopic (exact) mass is 195 g/mol. The second-order valence-electron chi connectivity index (χ2n) is 2.43. The fourth-order valence-electron chi connectivity index (χ4n) is 1.06. The quantitative estimate of drug-likeness (QED) is 0.675. The zero-order valence-electron chi connectivity index (χ0n) is 6.40. The van der Waals surface area contributed by atoms with Crippen molar-refractivity contribution in [2.75, 3.05) is 0 Å². The summed E-state index contributed by atoms with van der Waals surface area (Å²) in [6.07, 6.45) is 1.28. The number of carbonyl (C=O) groups excluding carboxylic acids is 1. The molecule has 0 spiro atoms. The summed E-state index contributed by atoms with van der Waals surface area (Å²) in [6, 6.07) is 0. The Morgan fingerprint density at radius 2 is 2.38 bits per heavy atom. The van der Waals surface area contributed by atoms with Crippen LogP contribution in [-0.4, -0.2) is 15.9 Å². The highest BCUT2D eigenvalue weighted by Crippen LogP contribution is 2.15. The molecule has 0 bridgehead atoms. The number of thiazole rings is 1. The van der Waals surface area contributed by atoms with E-state index in [9.17, 15) is 9.59 Å². The molecule has 0 saturated carbocycles. The molecule has 3 N–H and O–H groups in total. The van der Waals surface area contributed by atoms with Crippen molar-refractivity contribution in [1.29, 1.82) is 0 Å². The minimum atomic E-state index is -0.591. The third kappa shape index (κ3) is 1.11. The van der Waals surface area contributed by atoms with Crippen LogP contribution in [0.4, 0.5) is 0 Å². The van der Waals surface area contributed by atoms with Gasteiger partial charge in [0.15, 0.2) is 0 Å². The number of nitrogens with one attached hydrogen (secondary N) is 1. The maximum absolute atomic E-state index is 11.2. The third-order valence-corrected chi connectivity index (χ3v) is 2.47. The van der Waals surface area contributed by atoms with Crippen LogP contribution < -0.4 is 11.3 Å². The molecule has 0 fully saturated rings. The molecule has 13 heavy (non-hydrogen) atoms. The number of nitrogens with zero attached hydrogens (tertiary/aromatic N) is 1. The first-order chi connectivity index (χ1) is 6.20. The average Bonchev–Trinajstić information content (AvgIpc) is 2.53. The van der Waals surface area contributed by atoms with Crippen LogP contribution in [-0.2, 0) is 0 Å². The number of carbonyl (C=O) groups is 1. The Bertz CT molecular complexity index is 528. The molecule has 0 aliphatic heterocycles. The predicted molar refractivity (Wildman–Crippen MR) is 48.8 cm³/mol. The summed E-state index contributed by atoms with van der Waals surface area (Å²) in [5.74, 6) is -0.591. The van der Waals surface area contributed by atoms with Crippen LogP contribution in [0.3, 0.4) is 0 Å². The summed E-state index contributed by atoms with van der Waals surface area (Å²) in [5, 5.41) is 0. The second kappa shape index (κ2) is 2.67. The number of primary amides is 1. The van der Waals surface area contributed by atoms with Gasteiger partial charge in [-0.15, -0.1) is 11.3 Å². The van der Waals surface area contributed by atoms with Crippen molar-refractivity contribution in [2.24, 2.45) is 5.73 Å². The van der Waals surface area contributed by atoms with Gasteiger partial charge in [0.2, 0.25) is 0 Å². The third-order valence-electron chi connectivity index (χ3n) is 1.64. The van der Waals surface area contributed by atoms with Gasteiger partial charge in [0.05, 0.1) is 11.1 Å². The number of fused-ring (bicyclic) bond motifs is 1. The maximum atomic E-state index is 11.2. The van der Waals surface area contributed by atoms with Gasteiger partial charge in [-0.25, -0.2) is 4.98 Å². The van der Waals surface area contributed by atoms with Gasteiger partial charge >= 0.3 is 0 Å². The molecule has 0 aliphatic rings. The van der Waals surface area contributed by atoms with Gasteiger partial charge in [0.1, 0.15) is 10.2 Å². The number of aromatic amines is 1. The highest BCUT2D eigenvalue weighted by Gasteiger charge is 2.10. The molecule has 2 aromatic heterocycles. The van der Waals surface area contributed by atoms with Crippen LogP contribution in [0.5, 0.6) is 0 Å². The molecule has 0 aromatic carbocycles. The summed E-state index contributed by atoms with van der Waals surface area (Å²) in [7, 11) is 0. The number of nitrogens with two attached hydrogens (primary N) is 1. The Kier molecular flexibility index (Phi) is 1.63. The van der Waals surface area contributed by atoms with Gasteiger partial charge in [-0.05, 0) is 0 Å². The van der Waals surface area contributed by atoms with Crippen molar-refractivity contribution in [2.45, 2.75) is 0 Å². The Balaban J connectivity index is 2.94. The SMILES string of the molecule is NC(=O)c1c[nH]c(=O)c2scnc12. The second-order valence-corrected chi connectivity index (χ2v) is 3.28. The molecule has 0 atom stereocenters. The van der Waals surface area contributed by atoms with E-state index in [2.05, 4.69) is 9.97 Å². The van der Waals surface area contributed by atoms with Gasteiger partial charge in [-0.2, -0.15) is 0 Å². The van der Waals surface area contributed by atoms with Crippen LogP contribution in [0.1, 0.15) is 10.4 Å². The molecular formula is C7H5N3O2S. The van der Waals surface area contributed by atoms with Crippen molar-refractivity contribution in [3.05, 3.63) is 27.6 Å². The maximum Gasteiger partial charge on any atom is 0.267 e. The number of aromatic nitrogens is 2. The summed E-state index contributed by atoms with van der Waals surface area (Å²) >= 11 is 1.18.